The van der Waals surface area contributed by atoms with Gasteiger partial charge in [-0.2, -0.15) is 0 Å². The molecule has 2 amide bonds. The lowest BCUT2D eigenvalue weighted by molar-refractivity contribution is -0.384. The number of nitrogens with zero attached hydrogens (tertiary/aromatic N) is 1. The molecule has 0 aliphatic carbocycles. The van der Waals surface area contributed by atoms with Gasteiger partial charge in [0.1, 0.15) is 0 Å². The fourth-order valence-electron chi connectivity index (χ4n) is 1.11. The Bertz CT molecular complexity index is 459. The maximum absolute atomic E-state index is 11.5. The number of non-ortho nitro benzene ring substituents is 1. The minimum atomic E-state index is -0.588. The molecule has 0 spiro atoms. The molecule has 1 aromatic rings. The van der Waals surface area contributed by atoms with Crippen molar-refractivity contribution in [3.63, 3.8) is 0 Å². The minimum absolute atomic E-state index is 0.142. The number of likely N-dealkylation sites (N-methyl/N-ethyl adjacent to an activating group) is 1. The number of nitro groups is 1. The van der Waals surface area contributed by atoms with E-state index in [0.717, 1.165) is 6.07 Å². The van der Waals surface area contributed by atoms with Gasteiger partial charge in [0.25, 0.3) is 11.6 Å². The van der Waals surface area contributed by atoms with Gasteiger partial charge in [0.2, 0.25) is 5.91 Å². The third-order valence-electron chi connectivity index (χ3n) is 2.01. The zero-order chi connectivity index (χ0) is 12.8. The zero-order valence-corrected chi connectivity index (χ0v) is 9.10. The summed E-state index contributed by atoms with van der Waals surface area (Å²) in [7, 11) is 1.45. The van der Waals surface area contributed by atoms with E-state index in [-0.39, 0.29) is 23.7 Å². The summed E-state index contributed by atoms with van der Waals surface area (Å²) in [5.74, 6) is -0.874. The lowest BCUT2D eigenvalue weighted by atomic mass is 10.2. The first kappa shape index (κ1) is 12.6. The molecular formula is C10H11N3O4. The van der Waals surface area contributed by atoms with E-state index in [1.165, 1.54) is 25.2 Å². The topological polar surface area (TPSA) is 101 Å². The number of nitrogens with one attached hydrogen (secondary N) is 2. The Hall–Kier alpha value is -2.44. The summed E-state index contributed by atoms with van der Waals surface area (Å²) in [6, 6.07) is 5.29. The first-order valence-electron chi connectivity index (χ1n) is 4.78. The van der Waals surface area contributed by atoms with Gasteiger partial charge in [0, 0.05) is 24.7 Å². The van der Waals surface area contributed by atoms with Crippen LogP contribution < -0.4 is 10.6 Å². The lowest BCUT2D eigenvalue weighted by Crippen LogP contribution is -2.35. The average Bonchev–Trinajstić information content (AvgIpc) is 2.35. The maximum Gasteiger partial charge on any atom is 0.270 e. The van der Waals surface area contributed by atoms with E-state index in [1.54, 1.807) is 0 Å². The van der Waals surface area contributed by atoms with Crippen molar-refractivity contribution in [1.82, 2.24) is 10.6 Å². The Morgan fingerprint density at radius 2 is 2.12 bits per heavy atom. The molecular weight excluding hydrogens is 226 g/mol. The highest BCUT2D eigenvalue weighted by Crippen LogP contribution is 2.12. The first-order valence-corrected chi connectivity index (χ1v) is 4.78. The van der Waals surface area contributed by atoms with E-state index < -0.39 is 10.8 Å². The number of rotatable bonds is 4. The highest BCUT2D eigenvalue weighted by molar-refractivity contribution is 5.96. The molecule has 0 saturated heterocycles. The smallest absolute Gasteiger partial charge is 0.270 e. The van der Waals surface area contributed by atoms with Gasteiger partial charge < -0.3 is 10.6 Å². The van der Waals surface area contributed by atoms with Crippen molar-refractivity contribution in [2.75, 3.05) is 13.6 Å². The van der Waals surface area contributed by atoms with Gasteiger partial charge >= 0.3 is 0 Å². The molecule has 0 bridgehead atoms. The molecule has 0 unspecified atom stereocenters. The average molecular weight is 237 g/mol. The summed E-state index contributed by atoms with van der Waals surface area (Å²) in [6.07, 6.45) is 0. The second-order valence-corrected chi connectivity index (χ2v) is 3.16. The third-order valence-corrected chi connectivity index (χ3v) is 2.01. The van der Waals surface area contributed by atoms with Gasteiger partial charge in [-0.05, 0) is 6.07 Å². The second-order valence-electron chi connectivity index (χ2n) is 3.16. The van der Waals surface area contributed by atoms with Gasteiger partial charge in [0.15, 0.2) is 0 Å². The second kappa shape index (κ2) is 5.59. The highest BCUT2D eigenvalue weighted by Gasteiger charge is 2.11. The van der Waals surface area contributed by atoms with E-state index in [0.29, 0.717) is 0 Å². The number of hydrogen-bond acceptors (Lipinski definition) is 4. The van der Waals surface area contributed by atoms with Crippen molar-refractivity contribution >= 4 is 17.5 Å². The van der Waals surface area contributed by atoms with Crippen LogP contribution in [0.25, 0.3) is 0 Å². The predicted octanol–water partition coefficient (Wildman–Crippen LogP) is 0.0706. The zero-order valence-electron chi connectivity index (χ0n) is 9.10. The molecule has 7 nitrogen and oxygen atoms in total. The predicted molar refractivity (Wildman–Crippen MR) is 59.5 cm³/mol. The van der Waals surface area contributed by atoms with Crippen LogP contribution in [-0.4, -0.2) is 30.3 Å². The van der Waals surface area contributed by atoms with E-state index in [9.17, 15) is 19.7 Å². The normalized spacial score (nSPS) is 9.47. The van der Waals surface area contributed by atoms with Crippen LogP contribution in [0.5, 0.6) is 0 Å². The van der Waals surface area contributed by atoms with E-state index >= 15 is 0 Å². The van der Waals surface area contributed by atoms with E-state index in [1.807, 2.05) is 0 Å². The van der Waals surface area contributed by atoms with E-state index in [2.05, 4.69) is 10.6 Å². The van der Waals surface area contributed by atoms with Crippen LogP contribution >= 0.6 is 0 Å². The SMILES string of the molecule is CNC(=O)CNC(=O)c1cccc([N+](=O)[O-])c1. The summed E-state index contributed by atoms with van der Waals surface area (Å²) in [6.45, 7) is -0.169. The summed E-state index contributed by atoms with van der Waals surface area (Å²) >= 11 is 0. The Labute approximate surface area is 97.0 Å². The van der Waals surface area contributed by atoms with Crippen LogP contribution in [0.1, 0.15) is 10.4 Å². The van der Waals surface area contributed by atoms with Gasteiger partial charge in [-0.25, -0.2) is 0 Å². The van der Waals surface area contributed by atoms with E-state index in [4.69, 9.17) is 0 Å². The molecule has 2 N–H and O–H groups in total. The summed E-state index contributed by atoms with van der Waals surface area (Å²) < 4.78 is 0. The molecule has 0 radical (unpaired) electrons. The maximum atomic E-state index is 11.5. The lowest BCUT2D eigenvalue weighted by Gasteiger charge is -2.03. The Morgan fingerprint density at radius 3 is 2.71 bits per heavy atom. The monoisotopic (exact) mass is 237 g/mol. The Balaban J connectivity index is 2.72. The molecule has 0 fully saturated rings. The third kappa shape index (κ3) is 3.56. The summed E-state index contributed by atoms with van der Waals surface area (Å²) in [5.41, 5.74) is -0.0271. The van der Waals surface area contributed by atoms with Crippen LogP contribution in [0.3, 0.4) is 0 Å². The van der Waals surface area contributed by atoms with Crippen LogP contribution in [0, 0.1) is 10.1 Å². The highest BCUT2D eigenvalue weighted by atomic mass is 16.6. The van der Waals surface area contributed by atoms with Gasteiger partial charge in [-0.15, -0.1) is 0 Å². The number of nitro benzene ring substituents is 1. The Morgan fingerprint density at radius 1 is 1.41 bits per heavy atom. The van der Waals surface area contributed by atoms with Gasteiger partial charge in [-0.1, -0.05) is 6.07 Å². The molecule has 17 heavy (non-hydrogen) atoms. The van der Waals surface area contributed by atoms with Crippen molar-refractivity contribution in [1.29, 1.82) is 0 Å². The number of hydrogen-bond donors (Lipinski definition) is 2. The van der Waals surface area contributed by atoms with Crippen LogP contribution in [-0.2, 0) is 4.79 Å². The van der Waals surface area contributed by atoms with Crippen molar-refractivity contribution in [3.05, 3.63) is 39.9 Å². The molecule has 0 aliphatic heterocycles. The van der Waals surface area contributed by atoms with Crippen LogP contribution in [0.4, 0.5) is 5.69 Å². The largest absolute Gasteiger partial charge is 0.358 e. The number of carbonyl (C=O) groups excluding carboxylic acids is 2. The standard InChI is InChI=1S/C10H11N3O4/c1-11-9(14)6-12-10(15)7-3-2-4-8(5-7)13(16)17/h2-5H,6H2,1H3,(H,11,14)(H,12,15). The Kier molecular flexibility index (Phi) is 4.15. The first-order chi connectivity index (χ1) is 8.04. The quantitative estimate of drug-likeness (QED) is 0.571. The molecule has 0 aromatic heterocycles. The van der Waals surface area contributed by atoms with Crippen molar-refractivity contribution < 1.29 is 14.5 Å². The molecule has 90 valence electrons. The molecule has 1 rings (SSSR count). The van der Waals surface area contributed by atoms with Crippen molar-refractivity contribution in [2.24, 2.45) is 0 Å². The van der Waals surface area contributed by atoms with Gasteiger partial charge in [-0.3, -0.25) is 19.7 Å². The van der Waals surface area contributed by atoms with Gasteiger partial charge in [0.05, 0.1) is 11.5 Å². The van der Waals surface area contributed by atoms with Crippen molar-refractivity contribution in [3.8, 4) is 0 Å². The van der Waals surface area contributed by atoms with Crippen molar-refractivity contribution in [2.45, 2.75) is 0 Å². The molecule has 1 aromatic carbocycles. The number of benzene rings is 1. The van der Waals surface area contributed by atoms with Crippen LogP contribution in [0.2, 0.25) is 0 Å². The molecule has 0 aliphatic rings. The molecule has 0 heterocycles. The molecule has 0 saturated carbocycles. The summed E-state index contributed by atoms with van der Waals surface area (Å²) in [4.78, 5) is 32.3. The fraction of sp³-hybridized carbons (Fsp3) is 0.200. The fourth-order valence-corrected chi connectivity index (χ4v) is 1.11. The van der Waals surface area contributed by atoms with Crippen LogP contribution in [0.15, 0.2) is 24.3 Å². The minimum Gasteiger partial charge on any atom is -0.358 e. The summed E-state index contributed by atoms with van der Waals surface area (Å²) in [5, 5.41) is 15.2. The number of amides is 2. The molecule has 7 heteroatoms. The molecule has 0 atom stereocenters. The number of carbonyl (C=O) groups is 2.